The molecule has 0 N–H and O–H groups in total. The summed E-state index contributed by atoms with van der Waals surface area (Å²) in [5.74, 6) is 0.0153. The Morgan fingerprint density at radius 1 is 1.29 bits per heavy atom. The molecular weight excluding hydrogens is 308 g/mol. The minimum atomic E-state index is -3.29. The third-order valence-electron chi connectivity index (χ3n) is 3.85. The molecule has 6 heteroatoms. The monoisotopic (exact) mass is 330 g/mol. The molecule has 0 radical (unpaired) electrons. The second-order valence-electron chi connectivity index (χ2n) is 5.43. The highest BCUT2D eigenvalue weighted by atomic mass is 35.5. The van der Waals surface area contributed by atoms with Gasteiger partial charge in [-0.05, 0) is 43.6 Å². The van der Waals surface area contributed by atoms with Gasteiger partial charge in [-0.15, -0.1) is 0 Å². The minimum Gasteiger partial charge on any atom is -0.302 e. The van der Waals surface area contributed by atoms with Gasteiger partial charge in [-0.1, -0.05) is 30.7 Å². The number of likely N-dealkylation sites (tertiary alicyclic amines) is 1. The SMILES string of the molecule is CCN(CCN1CCCC1)S(=O)(=O)Cc1cccc(Cl)c1. The lowest BCUT2D eigenvalue weighted by molar-refractivity contribution is 0.299. The molecular formula is C15H23ClN2O2S. The zero-order valence-electron chi connectivity index (χ0n) is 12.5. The molecule has 0 spiro atoms. The summed E-state index contributed by atoms with van der Waals surface area (Å²) >= 11 is 5.92. The van der Waals surface area contributed by atoms with Crippen LogP contribution in [0.15, 0.2) is 24.3 Å². The molecule has 1 aliphatic heterocycles. The van der Waals surface area contributed by atoms with Crippen LogP contribution in [0.25, 0.3) is 0 Å². The fourth-order valence-electron chi connectivity index (χ4n) is 2.68. The van der Waals surface area contributed by atoms with Gasteiger partial charge in [0.05, 0.1) is 5.75 Å². The molecule has 1 aromatic carbocycles. The van der Waals surface area contributed by atoms with Gasteiger partial charge in [0.1, 0.15) is 0 Å². The first-order valence-corrected chi connectivity index (χ1v) is 9.44. The van der Waals surface area contributed by atoms with Crippen molar-refractivity contribution in [3.8, 4) is 0 Å². The fourth-order valence-corrected chi connectivity index (χ4v) is 4.43. The number of hydrogen-bond donors (Lipinski definition) is 0. The molecule has 21 heavy (non-hydrogen) atoms. The van der Waals surface area contributed by atoms with Gasteiger partial charge in [-0.3, -0.25) is 0 Å². The van der Waals surface area contributed by atoms with Gasteiger partial charge in [0.25, 0.3) is 0 Å². The summed E-state index contributed by atoms with van der Waals surface area (Å²) in [6.45, 7) is 5.97. The molecule has 1 fully saturated rings. The zero-order valence-corrected chi connectivity index (χ0v) is 14.0. The van der Waals surface area contributed by atoms with Crippen LogP contribution in [0.1, 0.15) is 25.3 Å². The first kappa shape index (κ1) is 16.7. The van der Waals surface area contributed by atoms with E-state index < -0.39 is 10.0 Å². The van der Waals surface area contributed by atoms with Crippen molar-refractivity contribution in [1.82, 2.24) is 9.21 Å². The predicted octanol–water partition coefficient (Wildman–Crippen LogP) is 2.59. The number of sulfonamides is 1. The second-order valence-corrected chi connectivity index (χ2v) is 7.83. The molecule has 1 aromatic rings. The normalized spacial score (nSPS) is 16.7. The maximum absolute atomic E-state index is 12.5. The number of rotatable bonds is 7. The van der Waals surface area contributed by atoms with Crippen LogP contribution < -0.4 is 0 Å². The molecule has 0 aromatic heterocycles. The fraction of sp³-hybridized carbons (Fsp3) is 0.600. The molecule has 0 unspecified atom stereocenters. The van der Waals surface area contributed by atoms with Crippen LogP contribution in [0, 0.1) is 0 Å². The van der Waals surface area contributed by atoms with Crippen LogP contribution in [0.2, 0.25) is 5.02 Å². The van der Waals surface area contributed by atoms with Crippen LogP contribution in [0.4, 0.5) is 0 Å². The van der Waals surface area contributed by atoms with Crippen molar-refractivity contribution in [2.75, 3.05) is 32.7 Å². The minimum absolute atomic E-state index is 0.0153. The van der Waals surface area contributed by atoms with E-state index in [0.717, 1.165) is 25.2 Å². The van der Waals surface area contributed by atoms with Crippen LogP contribution in [-0.4, -0.2) is 50.3 Å². The van der Waals surface area contributed by atoms with E-state index in [4.69, 9.17) is 11.6 Å². The average molecular weight is 331 g/mol. The van der Waals surface area contributed by atoms with E-state index in [0.29, 0.717) is 18.1 Å². The maximum atomic E-state index is 12.5. The molecule has 0 saturated carbocycles. The van der Waals surface area contributed by atoms with Gasteiger partial charge in [-0.25, -0.2) is 12.7 Å². The van der Waals surface area contributed by atoms with Crippen molar-refractivity contribution < 1.29 is 8.42 Å². The van der Waals surface area contributed by atoms with Gasteiger partial charge >= 0.3 is 0 Å². The quantitative estimate of drug-likeness (QED) is 0.771. The number of nitrogens with zero attached hydrogens (tertiary/aromatic N) is 2. The summed E-state index contributed by atoms with van der Waals surface area (Å²) in [6, 6.07) is 7.06. The number of halogens is 1. The van der Waals surface area contributed by atoms with Crippen LogP contribution in [-0.2, 0) is 15.8 Å². The number of hydrogen-bond acceptors (Lipinski definition) is 3. The smallest absolute Gasteiger partial charge is 0.218 e. The van der Waals surface area contributed by atoms with Gasteiger partial charge in [0, 0.05) is 24.7 Å². The lowest BCUT2D eigenvalue weighted by Crippen LogP contribution is -2.38. The van der Waals surface area contributed by atoms with Crippen molar-refractivity contribution in [3.63, 3.8) is 0 Å². The lowest BCUT2D eigenvalue weighted by atomic mass is 10.2. The van der Waals surface area contributed by atoms with E-state index in [1.54, 1.807) is 28.6 Å². The highest BCUT2D eigenvalue weighted by Crippen LogP contribution is 2.16. The highest BCUT2D eigenvalue weighted by Gasteiger charge is 2.22. The Morgan fingerprint density at radius 2 is 2.00 bits per heavy atom. The van der Waals surface area contributed by atoms with Crippen molar-refractivity contribution >= 4 is 21.6 Å². The van der Waals surface area contributed by atoms with E-state index in [9.17, 15) is 8.42 Å². The lowest BCUT2D eigenvalue weighted by Gasteiger charge is -2.23. The molecule has 1 heterocycles. The molecule has 118 valence electrons. The van der Waals surface area contributed by atoms with Crippen molar-refractivity contribution in [2.45, 2.75) is 25.5 Å². The molecule has 0 bridgehead atoms. The Bertz CT molecular complexity index is 557. The summed E-state index contributed by atoms with van der Waals surface area (Å²) < 4.78 is 26.6. The second kappa shape index (κ2) is 7.58. The van der Waals surface area contributed by atoms with Gasteiger partial charge in [0.15, 0.2) is 0 Å². The molecule has 1 saturated heterocycles. The summed E-state index contributed by atoms with van der Waals surface area (Å²) in [5, 5.41) is 0.572. The van der Waals surface area contributed by atoms with Crippen molar-refractivity contribution in [2.24, 2.45) is 0 Å². The zero-order chi connectivity index (χ0) is 15.3. The van der Waals surface area contributed by atoms with E-state index >= 15 is 0 Å². The standard InChI is InChI=1S/C15H23ClN2O2S/c1-2-18(11-10-17-8-3-4-9-17)21(19,20)13-14-6-5-7-15(16)12-14/h5-7,12H,2-4,8-11,13H2,1H3. The van der Waals surface area contributed by atoms with E-state index in [2.05, 4.69) is 4.90 Å². The Hall–Kier alpha value is -0.620. The molecule has 4 nitrogen and oxygen atoms in total. The molecule has 0 atom stereocenters. The Morgan fingerprint density at radius 3 is 2.62 bits per heavy atom. The van der Waals surface area contributed by atoms with Crippen LogP contribution >= 0.6 is 11.6 Å². The Kier molecular flexibility index (Phi) is 6.05. The topological polar surface area (TPSA) is 40.6 Å². The van der Waals surface area contributed by atoms with Gasteiger partial charge in [0.2, 0.25) is 10.0 Å². The van der Waals surface area contributed by atoms with Crippen molar-refractivity contribution in [1.29, 1.82) is 0 Å². The third-order valence-corrected chi connectivity index (χ3v) is 6.01. The predicted molar refractivity (Wildman–Crippen MR) is 87.0 cm³/mol. The van der Waals surface area contributed by atoms with Crippen LogP contribution in [0.3, 0.4) is 0 Å². The highest BCUT2D eigenvalue weighted by molar-refractivity contribution is 7.88. The van der Waals surface area contributed by atoms with Crippen molar-refractivity contribution in [3.05, 3.63) is 34.9 Å². The number of benzene rings is 1. The average Bonchev–Trinajstić information content (AvgIpc) is 2.91. The van der Waals surface area contributed by atoms with Gasteiger partial charge < -0.3 is 4.90 Å². The molecule has 1 aliphatic rings. The van der Waals surface area contributed by atoms with E-state index in [1.807, 2.05) is 6.92 Å². The van der Waals surface area contributed by atoms with E-state index in [1.165, 1.54) is 12.8 Å². The Labute approximate surface area is 132 Å². The molecule has 0 aliphatic carbocycles. The largest absolute Gasteiger partial charge is 0.302 e. The first-order chi connectivity index (χ1) is 10.0. The third kappa shape index (κ3) is 4.95. The summed E-state index contributed by atoms with van der Waals surface area (Å²) in [4.78, 5) is 2.33. The van der Waals surface area contributed by atoms with Crippen LogP contribution in [0.5, 0.6) is 0 Å². The number of likely N-dealkylation sites (N-methyl/N-ethyl adjacent to an activating group) is 1. The Balaban J connectivity index is 1.97. The first-order valence-electron chi connectivity index (χ1n) is 7.46. The molecule has 2 rings (SSSR count). The maximum Gasteiger partial charge on any atom is 0.218 e. The van der Waals surface area contributed by atoms with Gasteiger partial charge in [-0.2, -0.15) is 0 Å². The van der Waals surface area contributed by atoms with E-state index in [-0.39, 0.29) is 5.75 Å². The molecule has 0 amide bonds. The summed E-state index contributed by atoms with van der Waals surface area (Å²) in [6.07, 6.45) is 2.45. The summed E-state index contributed by atoms with van der Waals surface area (Å²) in [5.41, 5.74) is 0.738. The summed E-state index contributed by atoms with van der Waals surface area (Å²) in [7, 11) is -3.29.